The van der Waals surface area contributed by atoms with Crippen molar-refractivity contribution in [3.05, 3.63) is 29.8 Å². The van der Waals surface area contributed by atoms with Gasteiger partial charge in [-0.15, -0.1) is 12.6 Å². The molecule has 0 saturated carbocycles. The highest BCUT2D eigenvalue weighted by atomic mass is 32.1. The zero-order valence-corrected chi connectivity index (χ0v) is 12.1. The molecule has 0 amide bonds. The van der Waals surface area contributed by atoms with Crippen LogP contribution in [0.15, 0.2) is 29.2 Å². The van der Waals surface area contributed by atoms with Crippen LogP contribution in [0, 0.1) is 0 Å². The molecule has 0 N–H and O–H groups in total. The third kappa shape index (κ3) is 5.58. The van der Waals surface area contributed by atoms with E-state index in [4.69, 9.17) is 4.74 Å². The van der Waals surface area contributed by atoms with Crippen LogP contribution in [0.4, 0.5) is 0 Å². The number of esters is 1. The van der Waals surface area contributed by atoms with Gasteiger partial charge in [0.25, 0.3) is 0 Å². The molecular formula is C15H22O2S. The summed E-state index contributed by atoms with van der Waals surface area (Å²) in [5, 5.41) is 0. The largest absolute Gasteiger partial charge is 0.459 e. The number of unbranched alkanes of at least 4 members (excludes halogenated alkanes) is 3. The Bertz CT molecular complexity index is 359. The first-order valence-corrected chi connectivity index (χ1v) is 7.08. The molecule has 1 aromatic rings. The molecule has 0 aliphatic rings. The maximum atomic E-state index is 11.8. The molecule has 0 aromatic heterocycles. The van der Waals surface area contributed by atoms with Crippen molar-refractivity contribution in [2.75, 3.05) is 0 Å². The summed E-state index contributed by atoms with van der Waals surface area (Å²) in [5.41, 5.74) is 0.591. The molecular weight excluding hydrogens is 244 g/mol. The lowest BCUT2D eigenvalue weighted by Gasteiger charge is -2.13. The van der Waals surface area contributed by atoms with Gasteiger partial charge in [-0.2, -0.15) is 0 Å². The normalized spacial score (nSPS) is 12.2. The number of hydrogen-bond acceptors (Lipinski definition) is 3. The number of benzene rings is 1. The maximum absolute atomic E-state index is 11.8. The molecule has 100 valence electrons. The minimum Gasteiger partial charge on any atom is -0.459 e. The SMILES string of the molecule is CCCCCCC(C)OC(=O)c1ccc(S)cc1. The van der Waals surface area contributed by atoms with Crippen molar-refractivity contribution in [1.82, 2.24) is 0 Å². The van der Waals surface area contributed by atoms with Crippen LogP contribution < -0.4 is 0 Å². The number of ether oxygens (including phenoxy) is 1. The van der Waals surface area contributed by atoms with E-state index in [1.807, 2.05) is 6.92 Å². The molecule has 0 spiro atoms. The van der Waals surface area contributed by atoms with E-state index in [-0.39, 0.29) is 12.1 Å². The van der Waals surface area contributed by atoms with Gasteiger partial charge in [0.2, 0.25) is 0 Å². The summed E-state index contributed by atoms with van der Waals surface area (Å²) in [6.07, 6.45) is 5.75. The molecule has 1 unspecified atom stereocenters. The van der Waals surface area contributed by atoms with Gasteiger partial charge in [-0.3, -0.25) is 0 Å². The minimum absolute atomic E-state index is 0.00923. The first-order valence-electron chi connectivity index (χ1n) is 6.63. The molecule has 1 rings (SSSR count). The van der Waals surface area contributed by atoms with Crippen molar-refractivity contribution in [2.45, 2.75) is 57.0 Å². The number of thiol groups is 1. The lowest BCUT2D eigenvalue weighted by molar-refractivity contribution is 0.0319. The predicted octanol–water partition coefficient (Wildman–Crippen LogP) is 4.49. The Kier molecular flexibility index (Phi) is 6.88. The molecule has 18 heavy (non-hydrogen) atoms. The Morgan fingerprint density at radius 3 is 2.50 bits per heavy atom. The molecule has 0 aliphatic heterocycles. The van der Waals surface area contributed by atoms with Gasteiger partial charge >= 0.3 is 5.97 Å². The smallest absolute Gasteiger partial charge is 0.338 e. The fraction of sp³-hybridized carbons (Fsp3) is 0.533. The van der Waals surface area contributed by atoms with E-state index in [0.717, 1.165) is 17.7 Å². The molecule has 0 radical (unpaired) electrons. The van der Waals surface area contributed by atoms with Crippen LogP contribution in [0.25, 0.3) is 0 Å². The molecule has 1 atom stereocenters. The number of rotatable bonds is 7. The van der Waals surface area contributed by atoms with Gasteiger partial charge < -0.3 is 4.74 Å². The molecule has 3 heteroatoms. The van der Waals surface area contributed by atoms with Gasteiger partial charge in [0.1, 0.15) is 0 Å². The van der Waals surface area contributed by atoms with E-state index < -0.39 is 0 Å². The van der Waals surface area contributed by atoms with Crippen LogP contribution in [0.2, 0.25) is 0 Å². The Morgan fingerprint density at radius 2 is 1.89 bits per heavy atom. The fourth-order valence-corrected chi connectivity index (χ4v) is 1.91. The summed E-state index contributed by atoms with van der Waals surface area (Å²) in [5.74, 6) is -0.244. The highest BCUT2D eigenvalue weighted by Crippen LogP contribution is 2.12. The average molecular weight is 266 g/mol. The Morgan fingerprint density at radius 1 is 1.22 bits per heavy atom. The monoisotopic (exact) mass is 266 g/mol. The molecule has 2 nitrogen and oxygen atoms in total. The van der Waals surface area contributed by atoms with Crippen molar-refractivity contribution < 1.29 is 9.53 Å². The van der Waals surface area contributed by atoms with Crippen LogP contribution in [0.1, 0.15) is 56.3 Å². The van der Waals surface area contributed by atoms with Crippen LogP contribution in [0.3, 0.4) is 0 Å². The summed E-state index contributed by atoms with van der Waals surface area (Å²) < 4.78 is 5.39. The van der Waals surface area contributed by atoms with E-state index in [0.29, 0.717) is 5.56 Å². The number of carbonyl (C=O) groups is 1. The summed E-state index contributed by atoms with van der Waals surface area (Å²) in [6, 6.07) is 7.08. The first-order chi connectivity index (χ1) is 8.63. The molecule has 0 bridgehead atoms. The number of hydrogen-bond donors (Lipinski definition) is 1. The van der Waals surface area contributed by atoms with Gasteiger partial charge in [0, 0.05) is 4.90 Å². The van der Waals surface area contributed by atoms with E-state index in [2.05, 4.69) is 19.6 Å². The molecule has 0 aliphatic carbocycles. The summed E-state index contributed by atoms with van der Waals surface area (Å²) >= 11 is 4.18. The average Bonchev–Trinajstić information content (AvgIpc) is 2.35. The lowest BCUT2D eigenvalue weighted by Crippen LogP contribution is -2.14. The van der Waals surface area contributed by atoms with Gasteiger partial charge in [-0.05, 0) is 44.0 Å². The second kappa shape index (κ2) is 8.20. The maximum Gasteiger partial charge on any atom is 0.338 e. The second-order valence-electron chi connectivity index (χ2n) is 4.61. The van der Waals surface area contributed by atoms with Gasteiger partial charge in [-0.1, -0.05) is 26.2 Å². The van der Waals surface area contributed by atoms with Crippen molar-refractivity contribution in [2.24, 2.45) is 0 Å². The highest BCUT2D eigenvalue weighted by molar-refractivity contribution is 7.80. The topological polar surface area (TPSA) is 26.3 Å². The summed E-state index contributed by atoms with van der Waals surface area (Å²) in [4.78, 5) is 12.7. The standard InChI is InChI=1S/C15H22O2S/c1-3-4-5-6-7-12(2)17-15(16)13-8-10-14(18)11-9-13/h8-12,18H,3-7H2,1-2H3. The lowest BCUT2D eigenvalue weighted by atomic mass is 10.1. The van der Waals surface area contributed by atoms with E-state index in [9.17, 15) is 4.79 Å². The Balaban J connectivity index is 2.33. The second-order valence-corrected chi connectivity index (χ2v) is 5.13. The zero-order chi connectivity index (χ0) is 13.4. The van der Waals surface area contributed by atoms with Crippen LogP contribution >= 0.6 is 12.6 Å². The summed E-state index contributed by atoms with van der Waals surface area (Å²) in [7, 11) is 0. The first kappa shape index (κ1) is 15.1. The van der Waals surface area contributed by atoms with Gasteiger partial charge in [0.15, 0.2) is 0 Å². The zero-order valence-electron chi connectivity index (χ0n) is 11.2. The highest BCUT2D eigenvalue weighted by Gasteiger charge is 2.11. The van der Waals surface area contributed by atoms with Crippen LogP contribution in [-0.4, -0.2) is 12.1 Å². The van der Waals surface area contributed by atoms with Crippen molar-refractivity contribution in [1.29, 1.82) is 0 Å². The summed E-state index contributed by atoms with van der Waals surface area (Å²) in [6.45, 7) is 4.14. The van der Waals surface area contributed by atoms with Crippen LogP contribution in [-0.2, 0) is 4.74 Å². The van der Waals surface area contributed by atoms with Crippen molar-refractivity contribution in [3.63, 3.8) is 0 Å². The van der Waals surface area contributed by atoms with Gasteiger partial charge in [-0.25, -0.2) is 4.79 Å². The Hall–Kier alpha value is -0.960. The van der Waals surface area contributed by atoms with Gasteiger partial charge in [0.05, 0.1) is 11.7 Å². The third-order valence-electron chi connectivity index (χ3n) is 2.88. The molecule has 0 saturated heterocycles. The van der Waals surface area contributed by atoms with E-state index >= 15 is 0 Å². The van der Waals surface area contributed by atoms with Crippen molar-refractivity contribution in [3.8, 4) is 0 Å². The molecule has 1 aromatic carbocycles. The number of carbonyl (C=O) groups excluding carboxylic acids is 1. The van der Waals surface area contributed by atoms with Crippen LogP contribution in [0.5, 0.6) is 0 Å². The molecule has 0 heterocycles. The predicted molar refractivity (Wildman–Crippen MR) is 77.3 cm³/mol. The minimum atomic E-state index is -0.244. The quantitative estimate of drug-likeness (QED) is 0.447. The molecule has 0 fully saturated rings. The van der Waals surface area contributed by atoms with Crippen molar-refractivity contribution >= 4 is 18.6 Å². The Labute approximate surface area is 115 Å². The van der Waals surface area contributed by atoms with E-state index in [1.54, 1.807) is 24.3 Å². The third-order valence-corrected chi connectivity index (χ3v) is 3.17. The fourth-order valence-electron chi connectivity index (χ4n) is 1.77. The van der Waals surface area contributed by atoms with E-state index in [1.165, 1.54) is 19.3 Å².